The van der Waals surface area contributed by atoms with Gasteiger partial charge < -0.3 is 19.3 Å². The lowest BCUT2D eigenvalue weighted by Crippen LogP contribution is -2.12. The first-order chi connectivity index (χ1) is 11.9. The van der Waals surface area contributed by atoms with Gasteiger partial charge >= 0.3 is 11.9 Å². The topological polar surface area (TPSA) is 153 Å². The minimum absolute atomic E-state index is 0.0602. The van der Waals surface area contributed by atoms with Gasteiger partial charge in [-0.25, -0.2) is 4.79 Å². The summed E-state index contributed by atoms with van der Waals surface area (Å²) in [5, 5.41) is 36.9. The number of hydrogen-bond donors (Lipinski definition) is 1. The average Bonchev–Trinajstić information content (AvgIpc) is 2.65. The lowest BCUT2D eigenvalue weighted by molar-refractivity contribution is -0.141. The minimum atomic E-state index is -1.16. The number of aliphatic hydroxyl groups is 1. The van der Waals surface area contributed by atoms with Crippen molar-refractivity contribution in [3.8, 4) is 18.2 Å². The number of nitriles is 3. The van der Waals surface area contributed by atoms with Crippen LogP contribution in [0, 0.1) is 39.9 Å². The Kier molecular flexibility index (Phi) is 9.23. The van der Waals surface area contributed by atoms with Gasteiger partial charge in [-0.1, -0.05) is 0 Å². The van der Waals surface area contributed by atoms with Gasteiger partial charge in [0.2, 0.25) is 0 Å². The van der Waals surface area contributed by atoms with Gasteiger partial charge in [-0.05, 0) is 17.7 Å². The standard InChI is InChI=1S/C16H15N3O6/c1-23-14(20)6-11(7-17)10(4-12(8-18)15(21)24-2)5-13(9-19)16(22)25-3/h4-5,11,21H,6H2,1-3H3/b10-4-,13-5-,15-12?/t11-/m1/s1. The molecule has 0 aromatic rings. The van der Waals surface area contributed by atoms with Crippen molar-refractivity contribution < 1.29 is 28.9 Å². The van der Waals surface area contributed by atoms with Crippen LogP contribution in [0.25, 0.3) is 0 Å². The Morgan fingerprint density at radius 3 is 2.08 bits per heavy atom. The largest absolute Gasteiger partial charge is 0.480 e. The third kappa shape index (κ3) is 6.47. The number of esters is 2. The van der Waals surface area contributed by atoms with E-state index in [1.165, 1.54) is 0 Å². The van der Waals surface area contributed by atoms with Crippen LogP contribution in [0.5, 0.6) is 0 Å². The molecular weight excluding hydrogens is 330 g/mol. The second kappa shape index (κ2) is 10.9. The highest BCUT2D eigenvalue weighted by Crippen LogP contribution is 2.21. The summed E-state index contributed by atoms with van der Waals surface area (Å²) in [5.41, 5.74) is -0.899. The molecule has 0 amide bonds. The minimum Gasteiger partial charge on any atom is -0.480 e. The van der Waals surface area contributed by atoms with Crippen molar-refractivity contribution in [2.45, 2.75) is 6.42 Å². The molecule has 9 nitrogen and oxygen atoms in total. The van der Waals surface area contributed by atoms with E-state index in [-0.39, 0.29) is 11.1 Å². The van der Waals surface area contributed by atoms with Gasteiger partial charge in [0, 0.05) is 0 Å². The second-order valence-electron chi connectivity index (χ2n) is 4.30. The van der Waals surface area contributed by atoms with Crippen molar-refractivity contribution in [2.24, 2.45) is 5.92 Å². The zero-order valence-electron chi connectivity index (χ0n) is 13.8. The van der Waals surface area contributed by atoms with E-state index in [9.17, 15) is 20.0 Å². The lowest BCUT2D eigenvalue weighted by atomic mass is 9.93. The third-order valence-electron chi connectivity index (χ3n) is 2.85. The van der Waals surface area contributed by atoms with E-state index in [1.54, 1.807) is 12.1 Å². The molecule has 0 saturated heterocycles. The number of hydrogen-bond acceptors (Lipinski definition) is 9. The average molecular weight is 345 g/mol. The molecule has 0 rings (SSSR count). The van der Waals surface area contributed by atoms with Gasteiger partial charge in [0.05, 0.1) is 39.7 Å². The van der Waals surface area contributed by atoms with Crippen molar-refractivity contribution in [1.29, 1.82) is 15.8 Å². The molecule has 0 spiro atoms. The summed E-state index contributed by atoms with van der Waals surface area (Å²) < 4.78 is 13.5. The Morgan fingerprint density at radius 2 is 1.68 bits per heavy atom. The second-order valence-corrected chi connectivity index (χ2v) is 4.30. The molecule has 130 valence electrons. The van der Waals surface area contributed by atoms with Crippen LogP contribution in [0.15, 0.2) is 34.8 Å². The molecule has 9 heteroatoms. The maximum absolute atomic E-state index is 11.5. The summed E-state index contributed by atoms with van der Waals surface area (Å²) in [4.78, 5) is 23.0. The normalized spacial score (nSPS) is 13.3. The molecule has 0 aliphatic carbocycles. The number of allylic oxidation sites excluding steroid dienone is 4. The van der Waals surface area contributed by atoms with E-state index in [4.69, 9.17) is 10.5 Å². The fourth-order valence-corrected chi connectivity index (χ4v) is 1.56. The van der Waals surface area contributed by atoms with Gasteiger partial charge in [-0.2, -0.15) is 15.8 Å². The SMILES string of the molecule is COC(=O)C[C@H](C#N)C(/C=C(/C#N)C(=O)OC)=C\C(C#N)=C(O)OC. The number of aliphatic hydroxyl groups excluding tert-OH is 1. The maximum atomic E-state index is 11.5. The molecule has 0 aromatic heterocycles. The van der Waals surface area contributed by atoms with Crippen LogP contribution in [0.2, 0.25) is 0 Å². The predicted octanol–water partition coefficient (Wildman–Crippen LogP) is 1.18. The van der Waals surface area contributed by atoms with Crippen LogP contribution >= 0.6 is 0 Å². The molecule has 0 saturated carbocycles. The van der Waals surface area contributed by atoms with E-state index in [0.717, 1.165) is 33.5 Å². The summed E-state index contributed by atoms with van der Waals surface area (Å²) >= 11 is 0. The molecule has 0 aliphatic heterocycles. The molecule has 1 N–H and O–H groups in total. The summed E-state index contributed by atoms with van der Waals surface area (Å²) in [7, 11) is 3.30. The van der Waals surface area contributed by atoms with Crippen molar-refractivity contribution in [3.63, 3.8) is 0 Å². The first kappa shape index (κ1) is 21.2. The van der Waals surface area contributed by atoms with Crippen LogP contribution in [-0.4, -0.2) is 38.4 Å². The molecule has 0 aliphatic rings. The quantitative estimate of drug-likeness (QED) is 0.235. The van der Waals surface area contributed by atoms with Crippen molar-refractivity contribution >= 4 is 11.9 Å². The Bertz CT molecular complexity index is 743. The van der Waals surface area contributed by atoms with E-state index in [0.29, 0.717) is 0 Å². The van der Waals surface area contributed by atoms with Crippen LogP contribution in [0.4, 0.5) is 0 Å². The molecule has 1 atom stereocenters. The zero-order chi connectivity index (χ0) is 19.4. The van der Waals surface area contributed by atoms with E-state index in [2.05, 4.69) is 14.2 Å². The van der Waals surface area contributed by atoms with E-state index < -0.39 is 35.8 Å². The Balaban J connectivity index is 6.34. The summed E-state index contributed by atoms with van der Waals surface area (Å²) in [6.45, 7) is 0. The van der Waals surface area contributed by atoms with Crippen molar-refractivity contribution in [1.82, 2.24) is 0 Å². The van der Waals surface area contributed by atoms with Crippen LogP contribution in [0.3, 0.4) is 0 Å². The fraction of sp³-hybridized carbons (Fsp3) is 0.312. The number of carbonyl (C=O) groups excluding carboxylic acids is 2. The first-order valence-electron chi connectivity index (χ1n) is 6.63. The highest BCUT2D eigenvalue weighted by molar-refractivity contribution is 5.93. The zero-order valence-corrected chi connectivity index (χ0v) is 13.8. The Labute approximate surface area is 144 Å². The van der Waals surface area contributed by atoms with Crippen LogP contribution < -0.4 is 0 Å². The number of methoxy groups -OCH3 is 3. The molecule has 0 unspecified atom stereocenters. The number of nitrogens with zero attached hydrogens (tertiary/aromatic N) is 3. The van der Waals surface area contributed by atoms with Crippen molar-refractivity contribution in [3.05, 3.63) is 34.8 Å². The Hall–Kier alpha value is -3.77. The van der Waals surface area contributed by atoms with Gasteiger partial charge in [0.25, 0.3) is 5.95 Å². The highest BCUT2D eigenvalue weighted by Gasteiger charge is 2.21. The molecule has 25 heavy (non-hydrogen) atoms. The monoisotopic (exact) mass is 345 g/mol. The smallest absolute Gasteiger partial charge is 0.348 e. The van der Waals surface area contributed by atoms with Gasteiger partial charge in [-0.3, -0.25) is 4.79 Å². The van der Waals surface area contributed by atoms with Crippen LogP contribution in [0.1, 0.15) is 6.42 Å². The highest BCUT2D eigenvalue weighted by atomic mass is 16.6. The Morgan fingerprint density at radius 1 is 1.04 bits per heavy atom. The first-order valence-corrected chi connectivity index (χ1v) is 6.63. The molecule has 0 radical (unpaired) electrons. The third-order valence-corrected chi connectivity index (χ3v) is 2.85. The van der Waals surface area contributed by atoms with Gasteiger partial charge in [0.15, 0.2) is 0 Å². The number of rotatable bonds is 7. The van der Waals surface area contributed by atoms with Crippen molar-refractivity contribution in [2.75, 3.05) is 21.3 Å². The van der Waals surface area contributed by atoms with E-state index >= 15 is 0 Å². The molecular formula is C16H15N3O6. The summed E-state index contributed by atoms with van der Waals surface area (Å²) in [6, 6.07) is 5.04. The predicted molar refractivity (Wildman–Crippen MR) is 81.8 cm³/mol. The molecule has 0 bridgehead atoms. The lowest BCUT2D eigenvalue weighted by Gasteiger charge is -2.10. The van der Waals surface area contributed by atoms with Crippen LogP contribution in [-0.2, 0) is 23.8 Å². The molecule has 0 aromatic carbocycles. The van der Waals surface area contributed by atoms with E-state index in [1.807, 2.05) is 6.07 Å². The maximum Gasteiger partial charge on any atom is 0.348 e. The van der Waals surface area contributed by atoms with Gasteiger partial charge in [0.1, 0.15) is 23.3 Å². The molecule has 0 fully saturated rings. The van der Waals surface area contributed by atoms with Gasteiger partial charge in [-0.15, -0.1) is 0 Å². The molecule has 0 heterocycles. The summed E-state index contributed by atoms with van der Waals surface area (Å²) in [5.74, 6) is -3.59. The number of ether oxygens (including phenoxy) is 3. The number of carbonyl (C=O) groups is 2. The summed E-state index contributed by atoms with van der Waals surface area (Å²) in [6.07, 6.45) is 1.61. The fourth-order valence-electron chi connectivity index (χ4n) is 1.56.